The van der Waals surface area contributed by atoms with Crippen molar-refractivity contribution in [1.29, 1.82) is 0 Å². The van der Waals surface area contributed by atoms with Crippen LogP contribution in [-0.2, 0) is 22.7 Å². The minimum Gasteiger partial charge on any atom is -0.322 e. The molecule has 0 spiro atoms. The van der Waals surface area contributed by atoms with Crippen LogP contribution in [0.25, 0.3) is 0 Å². The number of benzene rings is 1. The van der Waals surface area contributed by atoms with Crippen molar-refractivity contribution in [2.24, 2.45) is 0 Å². The molecule has 4 aliphatic rings. The molecule has 3 fully saturated rings. The van der Waals surface area contributed by atoms with Crippen molar-refractivity contribution in [1.82, 2.24) is 20.4 Å². The Morgan fingerprint density at radius 3 is 2.68 bits per heavy atom. The summed E-state index contributed by atoms with van der Waals surface area (Å²) in [6.45, 7) is 3.43. The first-order chi connectivity index (χ1) is 12.1. The lowest BCUT2D eigenvalue weighted by Crippen LogP contribution is -2.52. The van der Waals surface area contributed by atoms with Gasteiger partial charge in [0.2, 0.25) is 11.8 Å². The highest BCUT2D eigenvalue weighted by atomic mass is 16.2. The molecule has 130 valence electrons. The van der Waals surface area contributed by atoms with Crippen LogP contribution in [0.2, 0.25) is 0 Å². The molecular formula is C18H20N4O3. The molecule has 2 N–H and O–H groups in total. The highest BCUT2D eigenvalue weighted by Crippen LogP contribution is 2.29. The molecule has 4 aliphatic heterocycles. The Hall–Kier alpha value is -2.25. The van der Waals surface area contributed by atoms with E-state index in [1.54, 1.807) is 4.90 Å². The molecule has 0 bridgehead atoms. The monoisotopic (exact) mass is 340 g/mol. The van der Waals surface area contributed by atoms with E-state index < -0.39 is 6.04 Å². The Labute approximate surface area is 145 Å². The number of amides is 3. The van der Waals surface area contributed by atoms with E-state index >= 15 is 0 Å². The molecule has 7 heteroatoms. The molecule has 3 saturated heterocycles. The Kier molecular flexibility index (Phi) is 3.23. The molecule has 1 aromatic carbocycles. The predicted octanol–water partition coefficient (Wildman–Crippen LogP) is -0.396. The van der Waals surface area contributed by atoms with Crippen molar-refractivity contribution in [3.8, 4) is 0 Å². The van der Waals surface area contributed by atoms with Gasteiger partial charge in [-0.1, -0.05) is 12.1 Å². The summed E-state index contributed by atoms with van der Waals surface area (Å²) in [5.74, 6) is -0.718. The largest absolute Gasteiger partial charge is 0.322 e. The Morgan fingerprint density at radius 1 is 1.12 bits per heavy atom. The van der Waals surface area contributed by atoms with Crippen molar-refractivity contribution in [3.63, 3.8) is 0 Å². The van der Waals surface area contributed by atoms with Gasteiger partial charge >= 0.3 is 0 Å². The summed E-state index contributed by atoms with van der Waals surface area (Å²) in [6, 6.07) is 6.82. The zero-order valence-corrected chi connectivity index (χ0v) is 13.8. The highest BCUT2D eigenvalue weighted by Gasteiger charge is 2.44. The lowest BCUT2D eigenvalue weighted by Gasteiger charge is -2.29. The summed E-state index contributed by atoms with van der Waals surface area (Å²) in [4.78, 5) is 40.2. The van der Waals surface area contributed by atoms with E-state index in [-0.39, 0.29) is 24.1 Å². The van der Waals surface area contributed by atoms with E-state index in [0.717, 1.165) is 30.8 Å². The van der Waals surface area contributed by atoms with Crippen LogP contribution in [0, 0.1) is 0 Å². The van der Waals surface area contributed by atoms with Gasteiger partial charge < -0.3 is 10.2 Å². The van der Waals surface area contributed by atoms with E-state index in [0.29, 0.717) is 30.6 Å². The molecule has 3 amide bonds. The van der Waals surface area contributed by atoms with Gasteiger partial charge in [0.15, 0.2) is 0 Å². The normalized spacial score (nSPS) is 31.1. The maximum absolute atomic E-state index is 12.8. The highest BCUT2D eigenvalue weighted by molar-refractivity contribution is 6.05. The van der Waals surface area contributed by atoms with Gasteiger partial charge in [0.25, 0.3) is 5.91 Å². The number of likely N-dealkylation sites (tertiary alicyclic amines) is 1. The third kappa shape index (κ3) is 2.54. The van der Waals surface area contributed by atoms with Crippen LogP contribution < -0.4 is 10.6 Å². The van der Waals surface area contributed by atoms with Gasteiger partial charge in [0.1, 0.15) is 6.04 Å². The lowest BCUT2D eigenvalue weighted by molar-refractivity contribution is -0.136. The number of fused-ring (bicyclic) bond motifs is 2. The minimum atomic E-state index is -0.544. The number of nitrogens with one attached hydrogen (secondary N) is 2. The van der Waals surface area contributed by atoms with Gasteiger partial charge in [-0.25, -0.2) is 0 Å². The van der Waals surface area contributed by atoms with Crippen LogP contribution in [0.1, 0.15) is 34.3 Å². The van der Waals surface area contributed by atoms with Gasteiger partial charge in [-0.15, -0.1) is 0 Å². The summed E-state index contributed by atoms with van der Waals surface area (Å²) < 4.78 is 0. The van der Waals surface area contributed by atoms with Crippen molar-refractivity contribution in [2.75, 3.05) is 13.1 Å². The van der Waals surface area contributed by atoms with E-state index in [4.69, 9.17) is 0 Å². The molecule has 0 aliphatic carbocycles. The lowest BCUT2D eigenvalue weighted by atomic mass is 10.0. The van der Waals surface area contributed by atoms with E-state index in [2.05, 4.69) is 21.6 Å². The molecular weight excluding hydrogens is 320 g/mol. The van der Waals surface area contributed by atoms with E-state index in [1.807, 2.05) is 12.1 Å². The zero-order chi connectivity index (χ0) is 17.1. The molecule has 0 aromatic heterocycles. The minimum absolute atomic E-state index is 0.0997. The smallest absolute Gasteiger partial charge is 0.255 e. The average Bonchev–Trinajstić information content (AvgIpc) is 3.06. The number of hydrogen-bond donors (Lipinski definition) is 2. The fourth-order valence-corrected chi connectivity index (χ4v) is 4.30. The summed E-state index contributed by atoms with van der Waals surface area (Å²) >= 11 is 0. The topological polar surface area (TPSA) is 91.7 Å². The third-order valence-corrected chi connectivity index (χ3v) is 5.71. The first-order valence-electron chi connectivity index (χ1n) is 8.83. The number of piperazine rings is 1. The fourth-order valence-electron chi connectivity index (χ4n) is 4.30. The molecule has 0 saturated carbocycles. The molecule has 0 radical (unpaired) electrons. The number of hydrogen-bond acceptors (Lipinski definition) is 5. The van der Waals surface area contributed by atoms with Crippen LogP contribution in [-0.4, -0.2) is 58.7 Å². The van der Waals surface area contributed by atoms with Gasteiger partial charge in [0.05, 0.1) is 0 Å². The standard InChI is InChI=1S/C18H20N4O3/c23-16-4-3-15(17(24)20-16)22-7-11-2-1-10(5-12(11)18(22)25)6-21-8-13-14(9-21)19-13/h1-2,5,13-15,19H,3-4,6-9H2,(H,20,23,24)/t13-,14+,15?. The van der Waals surface area contributed by atoms with Crippen molar-refractivity contribution in [3.05, 3.63) is 34.9 Å². The summed E-state index contributed by atoms with van der Waals surface area (Å²) in [5, 5.41) is 5.75. The summed E-state index contributed by atoms with van der Waals surface area (Å²) in [6.07, 6.45) is 0.688. The molecule has 5 rings (SSSR count). The Morgan fingerprint density at radius 2 is 1.92 bits per heavy atom. The maximum Gasteiger partial charge on any atom is 0.255 e. The number of imide groups is 1. The second-order valence-electron chi connectivity index (χ2n) is 7.47. The second kappa shape index (κ2) is 5.37. The number of rotatable bonds is 3. The van der Waals surface area contributed by atoms with Crippen molar-refractivity contribution >= 4 is 17.7 Å². The van der Waals surface area contributed by atoms with E-state index in [9.17, 15) is 14.4 Å². The van der Waals surface area contributed by atoms with Gasteiger partial charge in [-0.3, -0.25) is 24.6 Å². The quantitative estimate of drug-likeness (QED) is 0.577. The number of carbonyl (C=O) groups excluding carboxylic acids is 3. The number of piperidine rings is 1. The summed E-state index contributed by atoms with van der Waals surface area (Å²) in [5.41, 5.74) is 2.80. The molecule has 3 atom stereocenters. The van der Waals surface area contributed by atoms with Gasteiger partial charge in [-0.05, 0) is 23.6 Å². The molecule has 1 unspecified atom stereocenters. The predicted molar refractivity (Wildman–Crippen MR) is 88.5 cm³/mol. The van der Waals surface area contributed by atoms with Crippen molar-refractivity contribution < 1.29 is 14.4 Å². The van der Waals surface area contributed by atoms with Gasteiger partial charge in [0, 0.05) is 50.2 Å². The van der Waals surface area contributed by atoms with Crippen LogP contribution >= 0.6 is 0 Å². The molecule has 25 heavy (non-hydrogen) atoms. The molecule has 7 nitrogen and oxygen atoms in total. The molecule has 4 heterocycles. The Balaban J connectivity index is 1.32. The van der Waals surface area contributed by atoms with Crippen molar-refractivity contribution in [2.45, 2.75) is 44.1 Å². The van der Waals surface area contributed by atoms with Crippen LogP contribution in [0.5, 0.6) is 0 Å². The number of nitrogens with zero attached hydrogens (tertiary/aromatic N) is 2. The van der Waals surface area contributed by atoms with Crippen LogP contribution in [0.15, 0.2) is 18.2 Å². The SMILES string of the molecule is O=C1CCC(N2Cc3ccc(CN4C[C@@H]5N[C@@H]5C4)cc3C2=O)C(=O)N1. The molecule has 1 aromatic rings. The first-order valence-corrected chi connectivity index (χ1v) is 8.83. The first kappa shape index (κ1) is 15.0. The van der Waals surface area contributed by atoms with Crippen LogP contribution in [0.3, 0.4) is 0 Å². The fraction of sp³-hybridized carbons (Fsp3) is 0.500. The summed E-state index contributed by atoms with van der Waals surface area (Å²) in [7, 11) is 0. The average molecular weight is 340 g/mol. The maximum atomic E-state index is 12.8. The van der Waals surface area contributed by atoms with Gasteiger partial charge in [-0.2, -0.15) is 0 Å². The number of carbonyl (C=O) groups is 3. The zero-order valence-electron chi connectivity index (χ0n) is 13.8. The second-order valence-corrected chi connectivity index (χ2v) is 7.47. The van der Waals surface area contributed by atoms with E-state index in [1.165, 1.54) is 0 Å². The third-order valence-electron chi connectivity index (χ3n) is 5.71. The van der Waals surface area contributed by atoms with Crippen LogP contribution in [0.4, 0.5) is 0 Å². The Bertz CT molecular complexity index is 783.